The topological polar surface area (TPSA) is 56.3 Å². The summed E-state index contributed by atoms with van der Waals surface area (Å²) in [6.07, 6.45) is 9.17. The van der Waals surface area contributed by atoms with Crippen molar-refractivity contribution in [2.75, 3.05) is 13.2 Å². The summed E-state index contributed by atoms with van der Waals surface area (Å²) in [7, 11) is 1.97. The Hall–Kier alpha value is -0.910. The zero-order valence-corrected chi connectivity index (χ0v) is 12.5. The third-order valence-electron chi connectivity index (χ3n) is 4.83. The highest BCUT2D eigenvalue weighted by atomic mass is 16.5. The molecule has 20 heavy (non-hydrogen) atoms. The van der Waals surface area contributed by atoms with E-state index in [0.29, 0.717) is 12.1 Å². The molecule has 4 atom stereocenters. The predicted molar refractivity (Wildman–Crippen MR) is 78.3 cm³/mol. The van der Waals surface area contributed by atoms with Crippen molar-refractivity contribution < 1.29 is 4.74 Å². The normalized spacial score (nSPS) is 30.1. The number of ether oxygens (including phenoxy) is 1. The van der Waals surface area contributed by atoms with Crippen LogP contribution in [0.15, 0.2) is 12.4 Å². The van der Waals surface area contributed by atoms with Crippen LogP contribution >= 0.6 is 0 Å². The fraction of sp³-hybridized carbons (Fsp3) is 0.800. The summed E-state index contributed by atoms with van der Waals surface area (Å²) in [4.78, 5) is 2.59. The molecule has 5 nitrogen and oxygen atoms in total. The van der Waals surface area contributed by atoms with E-state index in [-0.39, 0.29) is 12.1 Å². The molecule has 4 unspecified atom stereocenters. The van der Waals surface area contributed by atoms with E-state index in [1.54, 1.807) is 0 Å². The lowest BCUT2D eigenvalue weighted by molar-refractivity contribution is -0.0762. The summed E-state index contributed by atoms with van der Waals surface area (Å²) in [6, 6.07) is 0.952. The molecule has 2 heterocycles. The van der Waals surface area contributed by atoms with Gasteiger partial charge in [-0.05, 0) is 25.7 Å². The van der Waals surface area contributed by atoms with Crippen LogP contribution in [-0.2, 0) is 11.8 Å². The van der Waals surface area contributed by atoms with Gasteiger partial charge in [-0.1, -0.05) is 6.92 Å². The molecule has 0 spiro atoms. The van der Waals surface area contributed by atoms with Gasteiger partial charge in [0.05, 0.1) is 24.9 Å². The molecule has 112 valence electrons. The number of aromatic nitrogens is 2. The largest absolute Gasteiger partial charge is 0.375 e. The molecule has 1 saturated carbocycles. The van der Waals surface area contributed by atoms with Crippen molar-refractivity contribution >= 4 is 0 Å². The van der Waals surface area contributed by atoms with Crippen LogP contribution in [0.25, 0.3) is 0 Å². The van der Waals surface area contributed by atoms with E-state index in [2.05, 4.69) is 23.1 Å². The number of fused-ring (bicyclic) bond motifs is 1. The molecule has 2 aliphatic rings. The van der Waals surface area contributed by atoms with Crippen LogP contribution in [-0.4, -0.2) is 46.0 Å². The number of hydrogen-bond acceptors (Lipinski definition) is 4. The second-order valence-electron chi connectivity index (χ2n) is 6.11. The molecule has 0 bridgehead atoms. The number of hydrogen-bond donors (Lipinski definition) is 1. The molecule has 2 N–H and O–H groups in total. The van der Waals surface area contributed by atoms with Gasteiger partial charge in [0.25, 0.3) is 0 Å². The summed E-state index contributed by atoms with van der Waals surface area (Å²) >= 11 is 0. The van der Waals surface area contributed by atoms with E-state index in [9.17, 15) is 0 Å². The highest BCUT2D eigenvalue weighted by Gasteiger charge is 2.41. The maximum absolute atomic E-state index is 6.45. The third kappa shape index (κ3) is 2.50. The minimum atomic E-state index is 0.151. The van der Waals surface area contributed by atoms with Crippen molar-refractivity contribution in [1.82, 2.24) is 14.7 Å². The van der Waals surface area contributed by atoms with E-state index in [1.165, 1.54) is 24.8 Å². The highest BCUT2D eigenvalue weighted by molar-refractivity contribution is 5.15. The fourth-order valence-electron chi connectivity index (χ4n) is 3.80. The Bertz CT molecular complexity index is 447. The van der Waals surface area contributed by atoms with Crippen LogP contribution in [0.2, 0.25) is 0 Å². The first-order chi connectivity index (χ1) is 9.70. The van der Waals surface area contributed by atoms with Crippen LogP contribution < -0.4 is 5.73 Å². The third-order valence-corrected chi connectivity index (χ3v) is 4.83. The van der Waals surface area contributed by atoms with E-state index < -0.39 is 0 Å². The van der Waals surface area contributed by atoms with Gasteiger partial charge < -0.3 is 10.5 Å². The minimum absolute atomic E-state index is 0.151. The Morgan fingerprint density at radius 3 is 3.05 bits per heavy atom. The van der Waals surface area contributed by atoms with Crippen LogP contribution in [0, 0.1) is 0 Å². The van der Waals surface area contributed by atoms with Crippen LogP contribution in [0.4, 0.5) is 0 Å². The quantitative estimate of drug-likeness (QED) is 0.906. The molecule has 1 aromatic rings. The van der Waals surface area contributed by atoms with Gasteiger partial charge in [0.1, 0.15) is 0 Å². The number of nitrogens with zero attached hydrogens (tertiary/aromatic N) is 3. The molecule has 1 aliphatic carbocycles. The summed E-state index contributed by atoms with van der Waals surface area (Å²) in [6.45, 7) is 3.98. The number of aryl methyl sites for hydroxylation is 1. The van der Waals surface area contributed by atoms with Crippen molar-refractivity contribution in [3.05, 3.63) is 18.0 Å². The Morgan fingerprint density at radius 2 is 2.35 bits per heavy atom. The van der Waals surface area contributed by atoms with Gasteiger partial charge in [-0.3, -0.25) is 9.58 Å². The molecule has 1 saturated heterocycles. The van der Waals surface area contributed by atoms with Crippen LogP contribution in [0.3, 0.4) is 0 Å². The Balaban J connectivity index is 1.88. The number of rotatable bonds is 4. The molecule has 0 aromatic carbocycles. The second-order valence-corrected chi connectivity index (χ2v) is 6.11. The highest BCUT2D eigenvalue weighted by Crippen LogP contribution is 2.36. The predicted octanol–water partition coefficient (Wildman–Crippen LogP) is 1.45. The number of morpholine rings is 1. The van der Waals surface area contributed by atoms with Crippen molar-refractivity contribution in [3.8, 4) is 0 Å². The summed E-state index contributed by atoms with van der Waals surface area (Å²) < 4.78 is 7.81. The molecular weight excluding hydrogens is 252 g/mol. The second kappa shape index (κ2) is 5.84. The SMILES string of the molecule is CCC(N)C(c1cnn(C)c1)N1CCOC2CCCC21. The van der Waals surface area contributed by atoms with Crippen LogP contribution in [0.1, 0.15) is 44.2 Å². The van der Waals surface area contributed by atoms with Gasteiger partial charge in [0.15, 0.2) is 0 Å². The first-order valence-electron chi connectivity index (χ1n) is 7.82. The van der Waals surface area contributed by atoms with Gasteiger partial charge >= 0.3 is 0 Å². The standard InChI is InChI=1S/C15H26N4O/c1-3-12(16)15(11-9-17-18(2)10-11)19-7-8-20-14-6-4-5-13(14)19/h9-10,12-15H,3-8,16H2,1-2H3. The molecule has 3 rings (SSSR count). The molecule has 1 aromatic heterocycles. The minimum Gasteiger partial charge on any atom is -0.375 e. The average molecular weight is 278 g/mol. The Kier molecular flexibility index (Phi) is 4.10. The molecule has 0 amide bonds. The first-order valence-corrected chi connectivity index (χ1v) is 7.82. The summed E-state index contributed by atoms with van der Waals surface area (Å²) in [5.41, 5.74) is 7.70. The molecular formula is C15H26N4O. The zero-order valence-electron chi connectivity index (χ0n) is 12.5. The van der Waals surface area contributed by atoms with Crippen LogP contribution in [0.5, 0.6) is 0 Å². The Morgan fingerprint density at radius 1 is 1.50 bits per heavy atom. The smallest absolute Gasteiger partial charge is 0.0731 e. The zero-order chi connectivity index (χ0) is 14.1. The Labute approximate surface area is 121 Å². The van der Waals surface area contributed by atoms with E-state index in [1.807, 2.05) is 17.9 Å². The molecule has 2 fully saturated rings. The van der Waals surface area contributed by atoms with E-state index in [0.717, 1.165) is 19.6 Å². The average Bonchev–Trinajstić information content (AvgIpc) is 3.08. The summed E-state index contributed by atoms with van der Waals surface area (Å²) in [5, 5.41) is 4.34. The van der Waals surface area contributed by atoms with Crippen molar-refractivity contribution in [2.45, 2.75) is 56.8 Å². The van der Waals surface area contributed by atoms with Gasteiger partial charge in [0, 0.05) is 37.4 Å². The van der Waals surface area contributed by atoms with Gasteiger partial charge in [-0.2, -0.15) is 5.10 Å². The van der Waals surface area contributed by atoms with Gasteiger partial charge in [-0.25, -0.2) is 0 Å². The monoisotopic (exact) mass is 278 g/mol. The molecule has 5 heteroatoms. The lowest BCUT2D eigenvalue weighted by atomic mass is 9.95. The van der Waals surface area contributed by atoms with Crippen molar-refractivity contribution in [1.29, 1.82) is 0 Å². The fourth-order valence-corrected chi connectivity index (χ4v) is 3.80. The lowest BCUT2D eigenvalue weighted by Crippen LogP contribution is -2.53. The lowest BCUT2D eigenvalue weighted by Gasteiger charge is -2.44. The van der Waals surface area contributed by atoms with Gasteiger partial charge in [-0.15, -0.1) is 0 Å². The van der Waals surface area contributed by atoms with E-state index >= 15 is 0 Å². The first kappa shape index (κ1) is 14.0. The summed E-state index contributed by atoms with van der Waals surface area (Å²) in [5.74, 6) is 0. The number of nitrogens with two attached hydrogens (primary N) is 1. The van der Waals surface area contributed by atoms with Gasteiger partial charge in [0.2, 0.25) is 0 Å². The van der Waals surface area contributed by atoms with Crippen molar-refractivity contribution in [3.63, 3.8) is 0 Å². The van der Waals surface area contributed by atoms with Crippen molar-refractivity contribution in [2.24, 2.45) is 12.8 Å². The maximum atomic E-state index is 6.45. The molecule has 0 radical (unpaired) electrons. The van der Waals surface area contributed by atoms with E-state index in [4.69, 9.17) is 10.5 Å². The maximum Gasteiger partial charge on any atom is 0.0731 e. The molecule has 1 aliphatic heterocycles.